The van der Waals surface area contributed by atoms with Crippen molar-refractivity contribution in [2.75, 3.05) is 5.32 Å². The van der Waals surface area contributed by atoms with Gasteiger partial charge in [-0.15, -0.1) is 0 Å². The zero-order chi connectivity index (χ0) is 13.0. The van der Waals surface area contributed by atoms with Crippen molar-refractivity contribution < 1.29 is 4.39 Å². The summed E-state index contributed by atoms with van der Waals surface area (Å²) in [6, 6.07) is 6.26. The number of nitrogens with zero attached hydrogens (tertiary/aromatic N) is 3. The van der Waals surface area contributed by atoms with Crippen molar-refractivity contribution in [2.45, 2.75) is 19.5 Å². The molecule has 1 aromatic heterocycles. The van der Waals surface area contributed by atoms with Gasteiger partial charge in [0.15, 0.2) is 0 Å². The number of hydrogen-bond acceptors (Lipinski definition) is 3. The zero-order valence-electron chi connectivity index (χ0n) is 9.97. The van der Waals surface area contributed by atoms with Crippen LogP contribution >= 0.6 is 0 Å². The molecule has 1 aromatic carbocycles. The summed E-state index contributed by atoms with van der Waals surface area (Å²) < 4.78 is 15.2. The fraction of sp³-hybridized carbons (Fsp3) is 0.231. The first-order chi connectivity index (χ1) is 8.67. The van der Waals surface area contributed by atoms with Gasteiger partial charge in [0, 0.05) is 30.7 Å². The number of anilines is 1. The van der Waals surface area contributed by atoms with E-state index < -0.39 is 5.82 Å². The summed E-state index contributed by atoms with van der Waals surface area (Å²) in [5.74, 6) is -0.411. The van der Waals surface area contributed by atoms with Crippen LogP contribution in [0.4, 0.5) is 10.1 Å². The fourth-order valence-electron chi connectivity index (χ4n) is 1.78. The Balaban J connectivity index is 2.05. The number of halogens is 1. The molecule has 0 amide bonds. The van der Waals surface area contributed by atoms with E-state index in [0.29, 0.717) is 11.3 Å². The minimum atomic E-state index is -0.411. The van der Waals surface area contributed by atoms with Crippen LogP contribution in [0, 0.1) is 17.1 Å². The SMILES string of the molecule is CC(Cn1ccnc1)Nc1cc(F)cc(C#N)c1. The van der Waals surface area contributed by atoms with E-state index in [0.717, 1.165) is 6.54 Å². The van der Waals surface area contributed by atoms with E-state index >= 15 is 0 Å². The van der Waals surface area contributed by atoms with Crippen molar-refractivity contribution >= 4 is 5.69 Å². The molecule has 1 unspecified atom stereocenters. The topological polar surface area (TPSA) is 53.6 Å². The van der Waals surface area contributed by atoms with E-state index in [4.69, 9.17) is 5.26 Å². The van der Waals surface area contributed by atoms with Crippen LogP contribution in [0.5, 0.6) is 0 Å². The highest BCUT2D eigenvalue weighted by molar-refractivity contribution is 5.50. The molecular formula is C13H13FN4. The number of nitrogens with one attached hydrogen (secondary N) is 1. The van der Waals surface area contributed by atoms with Crippen molar-refractivity contribution in [1.82, 2.24) is 9.55 Å². The van der Waals surface area contributed by atoms with E-state index in [1.165, 1.54) is 12.1 Å². The Hall–Kier alpha value is -2.35. The molecule has 18 heavy (non-hydrogen) atoms. The lowest BCUT2D eigenvalue weighted by molar-refractivity contribution is 0.613. The molecule has 0 radical (unpaired) electrons. The number of imidazole rings is 1. The molecule has 0 aliphatic heterocycles. The second kappa shape index (κ2) is 5.32. The van der Waals surface area contributed by atoms with Crippen LogP contribution in [0.25, 0.3) is 0 Å². The Kier molecular flexibility index (Phi) is 3.58. The van der Waals surface area contributed by atoms with Crippen LogP contribution < -0.4 is 5.32 Å². The number of benzene rings is 1. The Morgan fingerprint density at radius 3 is 3.00 bits per heavy atom. The third-order valence-electron chi connectivity index (χ3n) is 2.48. The minimum absolute atomic E-state index is 0.104. The molecule has 5 heteroatoms. The van der Waals surface area contributed by atoms with Gasteiger partial charge >= 0.3 is 0 Å². The predicted octanol–water partition coefficient (Wildman–Crippen LogP) is 2.39. The third-order valence-corrected chi connectivity index (χ3v) is 2.48. The maximum Gasteiger partial charge on any atom is 0.126 e. The average Bonchev–Trinajstić information content (AvgIpc) is 2.80. The summed E-state index contributed by atoms with van der Waals surface area (Å²) in [4.78, 5) is 3.96. The van der Waals surface area contributed by atoms with Crippen LogP contribution in [-0.4, -0.2) is 15.6 Å². The standard InChI is InChI=1S/C13H13FN4/c1-10(8-18-3-2-16-9-18)17-13-5-11(7-15)4-12(14)6-13/h2-6,9-10,17H,8H2,1H3. The van der Waals surface area contributed by atoms with Crippen LogP contribution in [0.2, 0.25) is 0 Å². The molecule has 1 N–H and O–H groups in total. The van der Waals surface area contributed by atoms with Crippen molar-refractivity contribution in [1.29, 1.82) is 5.26 Å². The number of hydrogen-bond donors (Lipinski definition) is 1. The molecule has 0 spiro atoms. The fourth-order valence-corrected chi connectivity index (χ4v) is 1.78. The number of rotatable bonds is 4. The first-order valence-corrected chi connectivity index (χ1v) is 5.60. The average molecular weight is 244 g/mol. The Morgan fingerprint density at radius 1 is 1.50 bits per heavy atom. The molecule has 0 aliphatic rings. The largest absolute Gasteiger partial charge is 0.381 e. The quantitative estimate of drug-likeness (QED) is 0.898. The van der Waals surface area contributed by atoms with Crippen LogP contribution in [0.15, 0.2) is 36.9 Å². The van der Waals surface area contributed by atoms with Gasteiger partial charge in [0.2, 0.25) is 0 Å². The van der Waals surface area contributed by atoms with Gasteiger partial charge in [0.25, 0.3) is 0 Å². The number of aromatic nitrogens is 2. The van der Waals surface area contributed by atoms with Gasteiger partial charge in [-0.2, -0.15) is 5.26 Å². The Morgan fingerprint density at radius 2 is 2.33 bits per heavy atom. The number of nitriles is 1. The first-order valence-electron chi connectivity index (χ1n) is 5.60. The zero-order valence-corrected chi connectivity index (χ0v) is 9.97. The second-order valence-corrected chi connectivity index (χ2v) is 4.15. The molecule has 2 aromatic rings. The van der Waals surface area contributed by atoms with E-state index in [2.05, 4.69) is 10.3 Å². The molecule has 1 atom stereocenters. The van der Waals surface area contributed by atoms with Gasteiger partial charge in [-0.1, -0.05) is 0 Å². The summed E-state index contributed by atoms with van der Waals surface area (Å²) in [6.07, 6.45) is 5.30. The maximum atomic E-state index is 13.2. The minimum Gasteiger partial charge on any atom is -0.381 e. The van der Waals surface area contributed by atoms with E-state index in [1.807, 2.05) is 23.8 Å². The third kappa shape index (κ3) is 3.08. The monoisotopic (exact) mass is 244 g/mol. The summed E-state index contributed by atoms with van der Waals surface area (Å²) in [7, 11) is 0. The summed E-state index contributed by atoms with van der Waals surface area (Å²) in [6.45, 7) is 2.70. The first kappa shape index (κ1) is 12.1. The molecular weight excluding hydrogens is 231 g/mol. The molecule has 92 valence electrons. The van der Waals surface area contributed by atoms with Gasteiger partial charge in [0.05, 0.1) is 18.0 Å². The van der Waals surface area contributed by atoms with Gasteiger partial charge in [0.1, 0.15) is 5.82 Å². The lowest BCUT2D eigenvalue weighted by atomic mass is 10.2. The Bertz CT molecular complexity index is 557. The lowest BCUT2D eigenvalue weighted by Gasteiger charge is -2.16. The molecule has 0 fully saturated rings. The highest BCUT2D eigenvalue weighted by atomic mass is 19.1. The summed E-state index contributed by atoms with van der Waals surface area (Å²) in [5, 5.41) is 11.9. The summed E-state index contributed by atoms with van der Waals surface area (Å²) in [5.41, 5.74) is 0.923. The molecule has 2 rings (SSSR count). The normalized spacial score (nSPS) is 11.8. The van der Waals surface area contributed by atoms with Gasteiger partial charge in [-0.3, -0.25) is 0 Å². The van der Waals surface area contributed by atoms with Crippen molar-refractivity contribution in [3.63, 3.8) is 0 Å². The maximum absolute atomic E-state index is 13.2. The lowest BCUT2D eigenvalue weighted by Crippen LogP contribution is -2.21. The van der Waals surface area contributed by atoms with Crippen molar-refractivity contribution in [3.8, 4) is 6.07 Å². The van der Waals surface area contributed by atoms with E-state index in [9.17, 15) is 4.39 Å². The molecule has 1 heterocycles. The highest BCUT2D eigenvalue weighted by Gasteiger charge is 2.05. The van der Waals surface area contributed by atoms with E-state index in [-0.39, 0.29) is 6.04 Å². The van der Waals surface area contributed by atoms with Crippen molar-refractivity contribution in [2.24, 2.45) is 0 Å². The van der Waals surface area contributed by atoms with Gasteiger partial charge in [-0.05, 0) is 25.1 Å². The van der Waals surface area contributed by atoms with Crippen LogP contribution in [0.3, 0.4) is 0 Å². The van der Waals surface area contributed by atoms with Crippen LogP contribution in [0.1, 0.15) is 12.5 Å². The second-order valence-electron chi connectivity index (χ2n) is 4.15. The van der Waals surface area contributed by atoms with E-state index in [1.54, 1.807) is 18.6 Å². The van der Waals surface area contributed by atoms with Crippen LogP contribution in [-0.2, 0) is 6.54 Å². The molecule has 0 aliphatic carbocycles. The van der Waals surface area contributed by atoms with Gasteiger partial charge in [-0.25, -0.2) is 9.37 Å². The summed E-state index contributed by atoms with van der Waals surface area (Å²) >= 11 is 0. The highest BCUT2D eigenvalue weighted by Crippen LogP contribution is 2.14. The smallest absolute Gasteiger partial charge is 0.126 e. The van der Waals surface area contributed by atoms with Gasteiger partial charge < -0.3 is 9.88 Å². The van der Waals surface area contributed by atoms with Crippen molar-refractivity contribution in [3.05, 3.63) is 48.3 Å². The molecule has 4 nitrogen and oxygen atoms in total. The molecule has 0 bridgehead atoms. The molecule has 0 saturated heterocycles. The predicted molar refractivity (Wildman–Crippen MR) is 66.4 cm³/mol. The molecule has 0 saturated carbocycles. The Labute approximate surface area is 105 Å².